The number of thiocarbonyl (C=S) groups is 1. The van der Waals surface area contributed by atoms with Crippen LogP contribution in [-0.4, -0.2) is 64.5 Å². The Bertz CT molecular complexity index is 1640. The van der Waals surface area contributed by atoms with Crippen LogP contribution in [0.2, 0.25) is 0 Å². The molecule has 10 nitrogen and oxygen atoms in total. The lowest BCUT2D eigenvalue weighted by Crippen LogP contribution is -2.50. The summed E-state index contributed by atoms with van der Waals surface area (Å²) in [5.41, 5.74) is -2.60. The molecular weight excluding hydrogens is 666 g/mol. The molecule has 2 aromatic carbocycles. The summed E-state index contributed by atoms with van der Waals surface area (Å²) in [6.45, 7) is 2.37. The normalized spacial score (nSPS) is 18.6. The van der Waals surface area contributed by atoms with Gasteiger partial charge in [0.2, 0.25) is 5.88 Å². The Labute approximate surface area is 276 Å². The van der Waals surface area contributed by atoms with Gasteiger partial charge < -0.3 is 20.3 Å². The fourth-order valence-corrected chi connectivity index (χ4v) is 6.02. The number of piperazine rings is 1. The van der Waals surface area contributed by atoms with Gasteiger partial charge in [-0.2, -0.15) is 31.3 Å². The molecule has 17 heteroatoms. The molecule has 2 heterocycles. The number of nitrogens with zero attached hydrogens (tertiary/aromatic N) is 4. The molecule has 0 unspecified atom stereocenters. The zero-order valence-corrected chi connectivity index (χ0v) is 26.0. The minimum absolute atomic E-state index is 0.0937. The van der Waals surface area contributed by atoms with Crippen molar-refractivity contribution in [3.63, 3.8) is 0 Å². The van der Waals surface area contributed by atoms with E-state index in [1.807, 2.05) is 4.90 Å². The standard InChI is InChI=1S/C31H30F6N6O4S/c32-30(33,34)20-1-6-23(7-2-20)42(29(48)41-13-11-38-12-14-41)27-15-19(18-44)16-28(40-27)47-24-8-3-21(4-9-24)39-22-5-10-26(43(45)46)25(17-22)31(35,36)37/h1-2,5-7,10,15-18,21,24,38-39H,3-4,8-9,11-14H2. The number of rotatable bonds is 8. The predicted molar refractivity (Wildman–Crippen MR) is 169 cm³/mol. The molecule has 256 valence electrons. The van der Waals surface area contributed by atoms with E-state index in [9.17, 15) is 41.3 Å². The molecule has 0 amide bonds. The van der Waals surface area contributed by atoms with Crippen molar-refractivity contribution in [2.75, 3.05) is 36.4 Å². The van der Waals surface area contributed by atoms with Crippen LogP contribution in [0.25, 0.3) is 0 Å². The van der Waals surface area contributed by atoms with E-state index in [1.165, 1.54) is 35.2 Å². The molecule has 1 saturated carbocycles. The molecule has 1 aromatic heterocycles. The van der Waals surface area contributed by atoms with Crippen LogP contribution in [-0.2, 0) is 12.4 Å². The van der Waals surface area contributed by atoms with Gasteiger partial charge in [0.15, 0.2) is 5.11 Å². The number of nitrogens with one attached hydrogen (secondary N) is 2. The molecule has 5 rings (SSSR count). The van der Waals surface area contributed by atoms with Crippen LogP contribution in [0.15, 0.2) is 54.6 Å². The maximum absolute atomic E-state index is 13.4. The Morgan fingerprint density at radius 1 is 1.00 bits per heavy atom. The number of pyridine rings is 1. The average molecular weight is 697 g/mol. The zero-order chi connectivity index (χ0) is 34.6. The summed E-state index contributed by atoms with van der Waals surface area (Å²) in [5, 5.41) is 17.6. The minimum atomic E-state index is -4.90. The first-order valence-electron chi connectivity index (χ1n) is 15.0. The number of alkyl halides is 6. The Morgan fingerprint density at radius 2 is 1.67 bits per heavy atom. The summed E-state index contributed by atoms with van der Waals surface area (Å²) in [6.07, 6.45) is -7.28. The summed E-state index contributed by atoms with van der Waals surface area (Å²) in [4.78, 5) is 29.9. The van der Waals surface area contributed by atoms with E-state index in [-0.39, 0.29) is 40.2 Å². The van der Waals surface area contributed by atoms with Crippen LogP contribution in [0.1, 0.15) is 47.2 Å². The number of hydrogen-bond acceptors (Lipinski definition) is 8. The number of carbonyl (C=O) groups is 1. The van der Waals surface area contributed by atoms with E-state index in [0.717, 1.165) is 24.3 Å². The lowest BCUT2D eigenvalue weighted by Gasteiger charge is -2.36. The molecule has 0 radical (unpaired) electrons. The zero-order valence-electron chi connectivity index (χ0n) is 25.2. The molecule has 1 saturated heterocycles. The lowest BCUT2D eigenvalue weighted by molar-refractivity contribution is -0.388. The SMILES string of the molecule is O=Cc1cc(OC2CCC(Nc3ccc([N+](=O)[O-])c(C(F)(F)F)c3)CC2)nc(N(C(=S)N2CCNCC2)c2ccc(C(F)(F)F)cc2)c1. The molecule has 1 aliphatic heterocycles. The number of ether oxygens (including phenoxy) is 1. The number of aromatic nitrogens is 1. The van der Waals surface area contributed by atoms with Crippen molar-refractivity contribution in [1.82, 2.24) is 15.2 Å². The molecule has 2 aliphatic rings. The number of carbonyl (C=O) groups excluding carboxylic acids is 1. The third-order valence-corrected chi connectivity index (χ3v) is 8.48. The molecule has 0 bridgehead atoms. The molecule has 0 atom stereocenters. The van der Waals surface area contributed by atoms with Gasteiger partial charge in [0, 0.05) is 61.3 Å². The third kappa shape index (κ3) is 8.31. The molecule has 2 fully saturated rings. The number of benzene rings is 2. The number of nitro benzene ring substituents is 1. The molecule has 2 N–H and O–H groups in total. The quantitative estimate of drug-likeness (QED) is 0.0842. The molecule has 0 spiro atoms. The van der Waals surface area contributed by atoms with E-state index in [0.29, 0.717) is 63.8 Å². The highest BCUT2D eigenvalue weighted by molar-refractivity contribution is 7.80. The highest BCUT2D eigenvalue weighted by Gasteiger charge is 2.39. The van der Waals surface area contributed by atoms with Gasteiger partial charge in [0.1, 0.15) is 23.8 Å². The van der Waals surface area contributed by atoms with Crippen molar-refractivity contribution >= 4 is 46.5 Å². The Morgan fingerprint density at radius 3 is 2.25 bits per heavy atom. The van der Waals surface area contributed by atoms with E-state index in [1.54, 1.807) is 0 Å². The molecular formula is C31H30F6N6O4S. The lowest BCUT2D eigenvalue weighted by atomic mass is 9.92. The van der Waals surface area contributed by atoms with Crippen molar-refractivity contribution < 1.29 is 40.8 Å². The van der Waals surface area contributed by atoms with Crippen LogP contribution in [0.5, 0.6) is 5.88 Å². The number of aldehydes is 1. The van der Waals surface area contributed by atoms with Gasteiger partial charge in [-0.15, -0.1) is 0 Å². The van der Waals surface area contributed by atoms with Gasteiger partial charge in [-0.3, -0.25) is 19.8 Å². The Kier molecular flexibility index (Phi) is 10.4. The summed E-state index contributed by atoms with van der Waals surface area (Å²) in [7, 11) is 0. The van der Waals surface area contributed by atoms with Gasteiger partial charge in [0.25, 0.3) is 5.69 Å². The maximum Gasteiger partial charge on any atom is 0.423 e. The second kappa shape index (κ2) is 14.3. The van der Waals surface area contributed by atoms with Gasteiger partial charge in [-0.05, 0) is 80.4 Å². The van der Waals surface area contributed by atoms with Crippen LogP contribution in [0, 0.1) is 10.1 Å². The van der Waals surface area contributed by atoms with E-state index in [2.05, 4.69) is 15.6 Å². The van der Waals surface area contributed by atoms with Crippen molar-refractivity contribution in [2.45, 2.75) is 50.2 Å². The van der Waals surface area contributed by atoms with Crippen molar-refractivity contribution in [3.8, 4) is 5.88 Å². The fourth-order valence-electron chi connectivity index (χ4n) is 5.64. The summed E-state index contributed by atoms with van der Waals surface area (Å²) in [6, 6.07) is 9.90. The molecule has 48 heavy (non-hydrogen) atoms. The average Bonchev–Trinajstić information content (AvgIpc) is 3.05. The van der Waals surface area contributed by atoms with E-state index < -0.39 is 34.1 Å². The van der Waals surface area contributed by atoms with E-state index >= 15 is 0 Å². The minimum Gasteiger partial charge on any atom is -0.474 e. The molecule has 3 aromatic rings. The number of anilines is 3. The van der Waals surface area contributed by atoms with Gasteiger partial charge in [-0.25, -0.2) is 0 Å². The van der Waals surface area contributed by atoms with Gasteiger partial charge in [0.05, 0.1) is 10.5 Å². The van der Waals surface area contributed by atoms with Crippen LogP contribution < -0.4 is 20.3 Å². The van der Waals surface area contributed by atoms with Crippen LogP contribution >= 0.6 is 12.2 Å². The van der Waals surface area contributed by atoms with Crippen molar-refractivity contribution in [2.24, 2.45) is 0 Å². The number of hydrogen-bond donors (Lipinski definition) is 2. The second-order valence-electron chi connectivity index (χ2n) is 11.3. The predicted octanol–water partition coefficient (Wildman–Crippen LogP) is 6.97. The van der Waals surface area contributed by atoms with Crippen LogP contribution in [0.3, 0.4) is 0 Å². The largest absolute Gasteiger partial charge is 0.474 e. The van der Waals surface area contributed by atoms with Crippen LogP contribution in [0.4, 0.5) is 49.2 Å². The number of halogens is 6. The summed E-state index contributed by atoms with van der Waals surface area (Å²) in [5.74, 6) is 0.267. The Balaban J connectivity index is 1.33. The first-order chi connectivity index (χ1) is 22.7. The van der Waals surface area contributed by atoms with Crippen molar-refractivity contribution in [1.29, 1.82) is 0 Å². The fraction of sp³-hybridized carbons (Fsp3) is 0.387. The summed E-state index contributed by atoms with van der Waals surface area (Å²) < 4.78 is 86.3. The topological polar surface area (TPSA) is 113 Å². The first kappa shape index (κ1) is 34.8. The maximum atomic E-state index is 13.4. The van der Waals surface area contributed by atoms with Crippen molar-refractivity contribution in [3.05, 3.63) is 81.4 Å². The Hall–Kier alpha value is -4.51. The highest BCUT2D eigenvalue weighted by Crippen LogP contribution is 2.39. The highest BCUT2D eigenvalue weighted by atomic mass is 32.1. The number of nitro groups is 1. The first-order valence-corrected chi connectivity index (χ1v) is 15.4. The van der Waals surface area contributed by atoms with Gasteiger partial charge in [-0.1, -0.05) is 0 Å². The monoisotopic (exact) mass is 696 g/mol. The smallest absolute Gasteiger partial charge is 0.423 e. The summed E-state index contributed by atoms with van der Waals surface area (Å²) >= 11 is 5.79. The molecule has 1 aliphatic carbocycles. The van der Waals surface area contributed by atoms with E-state index in [4.69, 9.17) is 17.0 Å². The third-order valence-electron chi connectivity index (χ3n) is 8.04. The van der Waals surface area contributed by atoms with Gasteiger partial charge >= 0.3 is 12.4 Å². The second-order valence-corrected chi connectivity index (χ2v) is 11.7.